The summed E-state index contributed by atoms with van der Waals surface area (Å²) in [4.78, 5) is 10.4. The van der Waals surface area contributed by atoms with Crippen LogP contribution in [0.25, 0.3) is 0 Å². The van der Waals surface area contributed by atoms with Crippen LogP contribution < -0.4 is 5.73 Å². The number of nitrogens with two attached hydrogens (primary N) is 1. The van der Waals surface area contributed by atoms with Gasteiger partial charge in [0.1, 0.15) is 0 Å². The monoisotopic (exact) mass is 148 g/mol. The molecule has 0 aliphatic heterocycles. The number of carbonyl (C=O) groups is 1. The van der Waals surface area contributed by atoms with E-state index in [1.807, 2.05) is 6.42 Å². The van der Waals surface area contributed by atoms with Crippen molar-refractivity contribution in [2.24, 2.45) is 11.7 Å². The number of rotatable bonds is 4. The van der Waals surface area contributed by atoms with Crippen LogP contribution in [0.5, 0.6) is 0 Å². The third-order valence-corrected chi connectivity index (χ3v) is 1.33. The lowest BCUT2D eigenvalue weighted by Crippen LogP contribution is -2.20. The van der Waals surface area contributed by atoms with E-state index in [9.17, 15) is 4.79 Å². The van der Waals surface area contributed by atoms with E-state index in [4.69, 9.17) is 17.3 Å². The zero-order valence-corrected chi connectivity index (χ0v) is 6.19. The highest BCUT2D eigenvalue weighted by molar-refractivity contribution is 6.18. The molecule has 53 valence electrons. The molecule has 1 amide bonds. The fraction of sp³-hybridized carbons (Fsp3) is 0.667. The van der Waals surface area contributed by atoms with Crippen molar-refractivity contribution < 1.29 is 4.79 Å². The molecular formula is C6H11ClNO. The molecule has 0 saturated carbocycles. The Kier molecular flexibility index (Phi) is 4.50. The summed E-state index contributed by atoms with van der Waals surface area (Å²) in [6, 6.07) is 0. The molecule has 9 heavy (non-hydrogen) atoms. The van der Waals surface area contributed by atoms with Crippen molar-refractivity contribution in [2.75, 3.05) is 5.88 Å². The highest BCUT2D eigenvalue weighted by Gasteiger charge is 2.06. The van der Waals surface area contributed by atoms with Crippen molar-refractivity contribution in [2.45, 2.75) is 13.3 Å². The summed E-state index contributed by atoms with van der Waals surface area (Å²) in [5.41, 5.74) is 4.97. The smallest absolute Gasteiger partial charge is 0.220 e. The van der Waals surface area contributed by atoms with Gasteiger partial charge in [0.15, 0.2) is 0 Å². The standard InChI is InChI=1S/C6H11ClNO/c1-5(6(8)9)3-2-4-7/h2,5H,3-4H2,1H3,(H2,8,9). The van der Waals surface area contributed by atoms with Crippen LogP contribution in [0.3, 0.4) is 0 Å². The number of primary amides is 1. The second kappa shape index (κ2) is 4.62. The maximum Gasteiger partial charge on any atom is 0.220 e. The van der Waals surface area contributed by atoms with Crippen LogP contribution >= 0.6 is 11.6 Å². The molecular weight excluding hydrogens is 138 g/mol. The summed E-state index contributed by atoms with van der Waals surface area (Å²) >= 11 is 5.34. The Morgan fingerprint density at radius 1 is 1.89 bits per heavy atom. The van der Waals surface area contributed by atoms with E-state index in [0.717, 1.165) is 0 Å². The highest BCUT2D eigenvalue weighted by Crippen LogP contribution is 2.03. The largest absolute Gasteiger partial charge is 0.369 e. The van der Waals surface area contributed by atoms with E-state index in [0.29, 0.717) is 12.3 Å². The van der Waals surface area contributed by atoms with Gasteiger partial charge in [-0.3, -0.25) is 4.79 Å². The zero-order chi connectivity index (χ0) is 7.28. The molecule has 0 aromatic rings. The number of halogens is 1. The molecule has 0 aromatic heterocycles. The summed E-state index contributed by atoms with van der Waals surface area (Å²) in [5.74, 6) is 0.137. The van der Waals surface area contributed by atoms with Gasteiger partial charge in [-0.05, 0) is 12.8 Å². The lowest BCUT2D eigenvalue weighted by molar-refractivity contribution is -0.121. The van der Waals surface area contributed by atoms with Gasteiger partial charge in [0.05, 0.1) is 0 Å². The van der Waals surface area contributed by atoms with Gasteiger partial charge in [-0.1, -0.05) is 6.92 Å². The molecule has 1 atom stereocenters. The molecule has 2 N–H and O–H groups in total. The van der Waals surface area contributed by atoms with Gasteiger partial charge in [-0.15, -0.1) is 11.6 Å². The molecule has 0 bridgehead atoms. The van der Waals surface area contributed by atoms with Crippen molar-refractivity contribution >= 4 is 17.5 Å². The lowest BCUT2D eigenvalue weighted by Gasteiger charge is -2.02. The summed E-state index contributed by atoms with van der Waals surface area (Å²) in [6.45, 7) is 1.78. The number of hydrogen-bond donors (Lipinski definition) is 1. The Labute approximate surface area is 60.4 Å². The topological polar surface area (TPSA) is 43.1 Å². The molecule has 0 saturated heterocycles. The first-order valence-electron chi connectivity index (χ1n) is 2.85. The number of carbonyl (C=O) groups excluding carboxylic acids is 1. The molecule has 0 fully saturated rings. The van der Waals surface area contributed by atoms with Crippen LogP contribution in [0.4, 0.5) is 0 Å². The van der Waals surface area contributed by atoms with E-state index >= 15 is 0 Å². The van der Waals surface area contributed by atoms with Gasteiger partial charge < -0.3 is 5.73 Å². The van der Waals surface area contributed by atoms with Crippen LogP contribution in [0, 0.1) is 12.3 Å². The van der Waals surface area contributed by atoms with Gasteiger partial charge >= 0.3 is 0 Å². The van der Waals surface area contributed by atoms with Crippen LogP contribution in [-0.2, 0) is 4.79 Å². The van der Waals surface area contributed by atoms with E-state index in [1.54, 1.807) is 6.92 Å². The molecule has 0 aromatic carbocycles. The Bertz CT molecular complexity index is 95.1. The Balaban J connectivity index is 3.27. The van der Waals surface area contributed by atoms with Gasteiger partial charge in [-0.25, -0.2) is 0 Å². The van der Waals surface area contributed by atoms with Crippen molar-refractivity contribution in [3.63, 3.8) is 0 Å². The third-order valence-electron chi connectivity index (χ3n) is 1.12. The average molecular weight is 149 g/mol. The van der Waals surface area contributed by atoms with Crippen molar-refractivity contribution in [1.82, 2.24) is 0 Å². The third kappa shape index (κ3) is 4.28. The Morgan fingerprint density at radius 3 is 2.78 bits per heavy atom. The minimum atomic E-state index is -0.267. The highest BCUT2D eigenvalue weighted by atomic mass is 35.5. The van der Waals surface area contributed by atoms with Gasteiger partial charge in [0, 0.05) is 11.8 Å². The fourth-order valence-corrected chi connectivity index (χ4v) is 0.555. The van der Waals surface area contributed by atoms with Gasteiger partial charge in [-0.2, -0.15) is 0 Å². The van der Waals surface area contributed by atoms with E-state index < -0.39 is 0 Å². The number of alkyl halides is 1. The number of amides is 1. The maximum atomic E-state index is 10.4. The van der Waals surface area contributed by atoms with E-state index in [-0.39, 0.29) is 11.8 Å². The molecule has 0 spiro atoms. The first kappa shape index (κ1) is 8.76. The molecule has 1 unspecified atom stereocenters. The quantitative estimate of drug-likeness (QED) is 0.593. The van der Waals surface area contributed by atoms with Crippen molar-refractivity contribution in [3.05, 3.63) is 6.42 Å². The normalized spacial score (nSPS) is 13.1. The lowest BCUT2D eigenvalue weighted by atomic mass is 10.1. The summed E-state index contributed by atoms with van der Waals surface area (Å²) in [6.07, 6.45) is 2.51. The molecule has 2 nitrogen and oxygen atoms in total. The minimum absolute atomic E-state index is 0.0799. The first-order chi connectivity index (χ1) is 4.18. The van der Waals surface area contributed by atoms with Crippen LogP contribution in [-0.4, -0.2) is 11.8 Å². The number of hydrogen-bond acceptors (Lipinski definition) is 1. The molecule has 0 heterocycles. The minimum Gasteiger partial charge on any atom is -0.369 e. The fourth-order valence-electron chi connectivity index (χ4n) is 0.429. The summed E-state index contributed by atoms with van der Waals surface area (Å²) < 4.78 is 0. The molecule has 1 radical (unpaired) electrons. The zero-order valence-electron chi connectivity index (χ0n) is 5.43. The predicted molar refractivity (Wildman–Crippen MR) is 38.0 cm³/mol. The van der Waals surface area contributed by atoms with E-state index in [1.165, 1.54) is 0 Å². The predicted octanol–water partition coefficient (Wildman–Crippen LogP) is 0.941. The maximum absolute atomic E-state index is 10.4. The Morgan fingerprint density at radius 2 is 2.44 bits per heavy atom. The van der Waals surface area contributed by atoms with Crippen molar-refractivity contribution in [3.8, 4) is 0 Å². The summed E-state index contributed by atoms with van der Waals surface area (Å²) in [7, 11) is 0. The molecule has 0 rings (SSSR count). The average Bonchev–Trinajstić information content (AvgIpc) is 1.82. The molecule has 0 aliphatic carbocycles. The molecule has 0 aliphatic rings. The van der Waals surface area contributed by atoms with Crippen LogP contribution in [0.1, 0.15) is 13.3 Å². The second-order valence-electron chi connectivity index (χ2n) is 1.98. The van der Waals surface area contributed by atoms with E-state index in [2.05, 4.69) is 0 Å². The van der Waals surface area contributed by atoms with Crippen molar-refractivity contribution in [1.29, 1.82) is 0 Å². The summed E-state index contributed by atoms with van der Waals surface area (Å²) in [5, 5.41) is 0. The second-order valence-corrected chi connectivity index (χ2v) is 2.29. The van der Waals surface area contributed by atoms with Gasteiger partial charge in [0.25, 0.3) is 0 Å². The molecule has 3 heteroatoms. The SMILES string of the molecule is CC(C[CH]CCl)C(N)=O. The first-order valence-corrected chi connectivity index (χ1v) is 3.39. The van der Waals surface area contributed by atoms with Gasteiger partial charge in [0.2, 0.25) is 5.91 Å². The Hall–Kier alpha value is -0.240. The van der Waals surface area contributed by atoms with Crippen LogP contribution in [0.15, 0.2) is 0 Å². The van der Waals surface area contributed by atoms with Crippen LogP contribution in [0.2, 0.25) is 0 Å².